The number of amides is 2. The van der Waals surface area contributed by atoms with Gasteiger partial charge in [0, 0.05) is 36.1 Å². The lowest BCUT2D eigenvalue weighted by Crippen LogP contribution is -2.21. The maximum atomic E-state index is 12.3. The Bertz CT molecular complexity index is 1360. The maximum absolute atomic E-state index is 12.3. The molecule has 2 amide bonds. The number of nitrogens with one attached hydrogen (secondary N) is 2. The van der Waals surface area contributed by atoms with Gasteiger partial charge in [0.25, 0.3) is 11.8 Å². The number of rotatable bonds is 8. The molecule has 0 bridgehead atoms. The lowest BCUT2D eigenvalue weighted by atomic mass is 10.2. The van der Waals surface area contributed by atoms with Crippen LogP contribution in [0.1, 0.15) is 15.9 Å². The second-order valence-corrected chi connectivity index (χ2v) is 8.29. The van der Waals surface area contributed by atoms with Crippen LogP contribution in [0, 0.1) is 0 Å². The number of nitrogens with zero attached hydrogens (tertiary/aromatic N) is 2. The second kappa shape index (κ2) is 11.1. The first-order valence-corrected chi connectivity index (χ1v) is 11.6. The fourth-order valence-electron chi connectivity index (χ4n) is 3.25. The Morgan fingerprint density at radius 1 is 1.06 bits per heavy atom. The summed E-state index contributed by atoms with van der Waals surface area (Å²) in [6.45, 7) is -0.464. The number of esters is 1. The largest absolute Gasteiger partial charge is 0.452 e. The van der Waals surface area contributed by atoms with Crippen LogP contribution in [0.15, 0.2) is 84.4 Å². The van der Waals surface area contributed by atoms with E-state index < -0.39 is 18.5 Å². The van der Waals surface area contributed by atoms with Crippen LogP contribution >= 0.6 is 11.3 Å². The standard InChI is InChI=1S/C26H22N4O4S/c1-27-26(33)18-7-5-8-20(15-18)28-23(31)17-34-24(32)13-12-19-16-30(21-9-3-2-4-10-21)29-25(19)22-11-6-14-35-22/h2-16H,17H2,1H3,(H,27,33)(H,28,31)/b13-12+. The van der Waals surface area contributed by atoms with E-state index in [0.29, 0.717) is 11.3 Å². The summed E-state index contributed by atoms with van der Waals surface area (Å²) in [7, 11) is 1.52. The number of aromatic nitrogens is 2. The van der Waals surface area contributed by atoms with Gasteiger partial charge in [0.15, 0.2) is 6.61 Å². The zero-order valence-corrected chi connectivity index (χ0v) is 19.6. The monoisotopic (exact) mass is 486 g/mol. The highest BCUT2D eigenvalue weighted by Gasteiger charge is 2.13. The summed E-state index contributed by atoms with van der Waals surface area (Å²) >= 11 is 1.55. The Morgan fingerprint density at radius 2 is 1.89 bits per heavy atom. The van der Waals surface area contributed by atoms with Gasteiger partial charge in [-0.15, -0.1) is 11.3 Å². The van der Waals surface area contributed by atoms with Gasteiger partial charge >= 0.3 is 5.97 Å². The van der Waals surface area contributed by atoms with Crippen molar-refractivity contribution in [3.63, 3.8) is 0 Å². The minimum atomic E-state index is -0.663. The van der Waals surface area contributed by atoms with E-state index in [1.165, 1.54) is 19.2 Å². The van der Waals surface area contributed by atoms with E-state index in [9.17, 15) is 14.4 Å². The van der Waals surface area contributed by atoms with E-state index in [4.69, 9.17) is 4.74 Å². The van der Waals surface area contributed by atoms with E-state index in [-0.39, 0.29) is 5.91 Å². The van der Waals surface area contributed by atoms with Gasteiger partial charge in [-0.1, -0.05) is 30.3 Å². The topological polar surface area (TPSA) is 102 Å². The van der Waals surface area contributed by atoms with Crippen LogP contribution in [-0.2, 0) is 14.3 Å². The molecule has 0 radical (unpaired) electrons. The number of hydrogen-bond acceptors (Lipinski definition) is 6. The Morgan fingerprint density at radius 3 is 2.63 bits per heavy atom. The van der Waals surface area contributed by atoms with Gasteiger partial charge in [-0.2, -0.15) is 5.10 Å². The van der Waals surface area contributed by atoms with Gasteiger partial charge in [0.1, 0.15) is 5.69 Å². The zero-order valence-electron chi connectivity index (χ0n) is 18.8. The molecule has 2 N–H and O–H groups in total. The van der Waals surface area contributed by atoms with Gasteiger partial charge in [-0.25, -0.2) is 9.48 Å². The second-order valence-electron chi connectivity index (χ2n) is 7.34. The predicted molar refractivity (Wildman–Crippen MR) is 135 cm³/mol. The third-order valence-corrected chi connectivity index (χ3v) is 5.77. The number of benzene rings is 2. The molecule has 8 nitrogen and oxygen atoms in total. The van der Waals surface area contributed by atoms with Crippen molar-refractivity contribution in [3.8, 4) is 16.3 Å². The summed E-state index contributed by atoms with van der Waals surface area (Å²) < 4.78 is 6.83. The molecule has 2 aromatic heterocycles. The summed E-state index contributed by atoms with van der Waals surface area (Å²) in [4.78, 5) is 37.1. The lowest BCUT2D eigenvalue weighted by Gasteiger charge is -2.07. The summed E-state index contributed by atoms with van der Waals surface area (Å²) in [5, 5.41) is 11.8. The molecule has 0 aliphatic heterocycles. The van der Waals surface area contributed by atoms with Crippen molar-refractivity contribution in [3.05, 3.63) is 95.5 Å². The fraction of sp³-hybridized carbons (Fsp3) is 0.0769. The summed E-state index contributed by atoms with van der Waals surface area (Å²) in [5.41, 5.74) is 3.20. The number of thiophene rings is 1. The number of ether oxygens (including phenoxy) is 1. The SMILES string of the molecule is CNC(=O)c1cccc(NC(=O)COC(=O)/C=C/c2cn(-c3ccccc3)nc2-c2cccs2)c1. The van der Waals surface area contributed by atoms with Crippen LogP contribution in [-0.4, -0.2) is 41.2 Å². The smallest absolute Gasteiger partial charge is 0.331 e. The molecule has 2 aromatic carbocycles. The summed E-state index contributed by atoms with van der Waals surface area (Å²) in [6, 6.07) is 20.0. The Hall–Kier alpha value is -4.50. The molecular weight excluding hydrogens is 464 g/mol. The van der Waals surface area contributed by atoms with Crippen LogP contribution in [0.2, 0.25) is 0 Å². The summed E-state index contributed by atoms with van der Waals surface area (Å²) in [5.74, 6) is -1.45. The zero-order chi connectivity index (χ0) is 24.6. The Labute approximate surface area is 205 Å². The van der Waals surface area contributed by atoms with Crippen molar-refractivity contribution in [2.45, 2.75) is 0 Å². The third-order valence-electron chi connectivity index (χ3n) is 4.90. The molecule has 35 heavy (non-hydrogen) atoms. The van der Waals surface area contributed by atoms with Crippen molar-refractivity contribution >= 4 is 40.9 Å². The van der Waals surface area contributed by atoms with Crippen LogP contribution < -0.4 is 10.6 Å². The van der Waals surface area contributed by atoms with Crippen molar-refractivity contribution in [1.82, 2.24) is 15.1 Å². The van der Waals surface area contributed by atoms with E-state index in [1.54, 1.807) is 40.3 Å². The molecule has 4 rings (SSSR count). The average Bonchev–Trinajstić information content (AvgIpc) is 3.56. The van der Waals surface area contributed by atoms with Gasteiger partial charge in [0.05, 0.1) is 10.6 Å². The summed E-state index contributed by atoms with van der Waals surface area (Å²) in [6.07, 6.45) is 4.72. The van der Waals surface area contributed by atoms with Gasteiger partial charge in [-0.05, 0) is 47.9 Å². The van der Waals surface area contributed by atoms with Crippen molar-refractivity contribution in [2.24, 2.45) is 0 Å². The Kier molecular flexibility index (Phi) is 7.49. The Balaban J connectivity index is 1.40. The lowest BCUT2D eigenvalue weighted by molar-refractivity contribution is -0.142. The highest BCUT2D eigenvalue weighted by atomic mass is 32.1. The maximum Gasteiger partial charge on any atom is 0.331 e. The molecule has 4 aromatic rings. The molecule has 0 fully saturated rings. The van der Waals surface area contributed by atoms with Crippen LogP contribution in [0.4, 0.5) is 5.69 Å². The van der Waals surface area contributed by atoms with E-state index in [2.05, 4.69) is 15.7 Å². The van der Waals surface area contributed by atoms with Crippen molar-refractivity contribution in [1.29, 1.82) is 0 Å². The molecule has 0 saturated carbocycles. The van der Waals surface area contributed by atoms with Gasteiger partial charge in [0.2, 0.25) is 0 Å². The van der Waals surface area contributed by atoms with E-state index >= 15 is 0 Å². The predicted octanol–water partition coefficient (Wildman–Crippen LogP) is 4.16. The number of para-hydroxylation sites is 1. The molecule has 0 unspecified atom stereocenters. The minimum Gasteiger partial charge on any atom is -0.452 e. The average molecular weight is 487 g/mol. The van der Waals surface area contributed by atoms with Crippen molar-refractivity contribution < 1.29 is 19.1 Å². The number of anilines is 1. The molecule has 0 atom stereocenters. The van der Waals surface area contributed by atoms with Crippen molar-refractivity contribution in [2.75, 3.05) is 19.0 Å². The van der Waals surface area contributed by atoms with E-state index in [0.717, 1.165) is 21.8 Å². The molecule has 9 heteroatoms. The molecule has 0 spiro atoms. The molecule has 0 aliphatic rings. The normalized spacial score (nSPS) is 10.8. The van der Waals surface area contributed by atoms with Crippen LogP contribution in [0.3, 0.4) is 0 Å². The molecule has 176 valence electrons. The quantitative estimate of drug-likeness (QED) is 0.288. The minimum absolute atomic E-state index is 0.268. The van der Waals surface area contributed by atoms with E-state index in [1.807, 2.05) is 54.0 Å². The molecular formula is C26H22N4O4S. The highest BCUT2D eigenvalue weighted by Crippen LogP contribution is 2.28. The number of carbonyl (C=O) groups excluding carboxylic acids is 3. The first-order valence-electron chi connectivity index (χ1n) is 10.7. The fourth-order valence-corrected chi connectivity index (χ4v) is 3.98. The first kappa shape index (κ1) is 23.7. The van der Waals surface area contributed by atoms with Gasteiger partial charge in [-0.3, -0.25) is 9.59 Å². The molecule has 2 heterocycles. The first-order chi connectivity index (χ1) is 17.0. The molecule has 0 aliphatic carbocycles. The number of hydrogen-bond donors (Lipinski definition) is 2. The molecule has 0 saturated heterocycles. The third kappa shape index (κ3) is 6.10. The number of carbonyl (C=O) groups is 3. The van der Waals surface area contributed by atoms with Gasteiger partial charge < -0.3 is 15.4 Å². The van der Waals surface area contributed by atoms with Crippen LogP contribution in [0.25, 0.3) is 22.3 Å². The highest BCUT2D eigenvalue weighted by molar-refractivity contribution is 7.13. The van der Waals surface area contributed by atoms with Crippen LogP contribution in [0.5, 0.6) is 0 Å².